The van der Waals surface area contributed by atoms with E-state index in [0.717, 1.165) is 43.8 Å². The van der Waals surface area contributed by atoms with Crippen molar-refractivity contribution >= 4 is 6.08 Å². The molecule has 0 aromatic heterocycles. The molecule has 0 unspecified atom stereocenters. The fourth-order valence-electron chi connectivity index (χ4n) is 3.04. The van der Waals surface area contributed by atoms with Crippen LogP contribution in [0.2, 0.25) is 0 Å². The molecule has 1 aliphatic carbocycles. The van der Waals surface area contributed by atoms with E-state index in [1.165, 1.54) is 18.4 Å². The van der Waals surface area contributed by atoms with Crippen LogP contribution in [0.1, 0.15) is 36.8 Å². The van der Waals surface area contributed by atoms with E-state index in [1.807, 2.05) is 12.1 Å². The van der Waals surface area contributed by atoms with Crippen molar-refractivity contribution < 1.29 is 9.53 Å². The molecule has 0 bridgehead atoms. The molecule has 1 saturated heterocycles. The number of hydrogen-bond acceptors (Lipinski definition) is 4. The monoisotopic (exact) mass is 272 g/mol. The van der Waals surface area contributed by atoms with Gasteiger partial charge in [-0.05, 0) is 56.5 Å². The van der Waals surface area contributed by atoms with Crippen LogP contribution in [-0.4, -0.2) is 31.2 Å². The first-order chi connectivity index (χ1) is 9.77. The standard InChI is InChI=1S/C16H20N2O2/c1-20-15-5-4-14(16(6-7-16)17-12-19)10-13(15)11-18-8-2-3-9-18/h4-5,10H,2-3,6-9,11H2,1H3. The van der Waals surface area contributed by atoms with Crippen molar-refractivity contribution in [2.45, 2.75) is 37.8 Å². The summed E-state index contributed by atoms with van der Waals surface area (Å²) in [6.45, 7) is 3.23. The second-order valence-corrected chi connectivity index (χ2v) is 5.74. The van der Waals surface area contributed by atoms with E-state index >= 15 is 0 Å². The van der Waals surface area contributed by atoms with Gasteiger partial charge in [-0.2, -0.15) is 4.99 Å². The lowest BCUT2D eigenvalue weighted by Gasteiger charge is -2.19. The minimum atomic E-state index is -0.298. The molecule has 1 aromatic carbocycles. The summed E-state index contributed by atoms with van der Waals surface area (Å²) >= 11 is 0. The van der Waals surface area contributed by atoms with Gasteiger partial charge in [0.05, 0.1) is 12.6 Å². The number of methoxy groups -OCH3 is 1. The van der Waals surface area contributed by atoms with Crippen molar-refractivity contribution in [3.05, 3.63) is 29.3 Å². The van der Waals surface area contributed by atoms with E-state index < -0.39 is 0 Å². The molecule has 106 valence electrons. The maximum absolute atomic E-state index is 10.6. The number of hydrogen-bond donors (Lipinski definition) is 0. The lowest BCUT2D eigenvalue weighted by Crippen LogP contribution is -2.19. The fourth-order valence-corrected chi connectivity index (χ4v) is 3.04. The van der Waals surface area contributed by atoms with E-state index in [2.05, 4.69) is 16.0 Å². The maximum atomic E-state index is 10.6. The highest BCUT2D eigenvalue weighted by atomic mass is 16.5. The minimum absolute atomic E-state index is 0.298. The maximum Gasteiger partial charge on any atom is 0.235 e. The molecule has 1 heterocycles. The fraction of sp³-hybridized carbons (Fsp3) is 0.562. The Bertz CT molecular complexity index is 539. The Morgan fingerprint density at radius 1 is 1.35 bits per heavy atom. The summed E-state index contributed by atoms with van der Waals surface area (Å²) in [5, 5.41) is 0. The first kappa shape index (κ1) is 13.3. The molecule has 20 heavy (non-hydrogen) atoms. The zero-order chi connectivity index (χ0) is 14.0. The Morgan fingerprint density at radius 3 is 2.70 bits per heavy atom. The van der Waals surface area contributed by atoms with Gasteiger partial charge in [-0.3, -0.25) is 4.90 Å². The van der Waals surface area contributed by atoms with Crippen molar-refractivity contribution in [2.75, 3.05) is 20.2 Å². The number of benzene rings is 1. The highest BCUT2D eigenvalue weighted by molar-refractivity contribution is 5.45. The Hall–Kier alpha value is -1.64. The molecule has 0 amide bonds. The molecule has 1 saturated carbocycles. The Kier molecular flexibility index (Phi) is 3.60. The molecular formula is C16H20N2O2. The predicted molar refractivity (Wildman–Crippen MR) is 76.5 cm³/mol. The third-order valence-electron chi connectivity index (χ3n) is 4.39. The molecule has 0 N–H and O–H groups in total. The first-order valence-electron chi connectivity index (χ1n) is 7.26. The number of nitrogens with zero attached hydrogens (tertiary/aromatic N) is 2. The Balaban J connectivity index is 1.88. The molecule has 4 heteroatoms. The van der Waals surface area contributed by atoms with E-state index in [1.54, 1.807) is 13.2 Å². The molecule has 0 radical (unpaired) electrons. The van der Waals surface area contributed by atoms with Crippen LogP contribution < -0.4 is 4.74 Å². The van der Waals surface area contributed by atoms with E-state index in [0.29, 0.717) is 0 Å². The predicted octanol–water partition coefficient (Wildman–Crippen LogP) is 2.62. The number of isocyanates is 1. The SMILES string of the molecule is COc1ccc(C2(N=C=O)CC2)cc1CN1CCCC1. The van der Waals surface area contributed by atoms with Gasteiger partial charge in [0.2, 0.25) is 6.08 Å². The number of ether oxygens (including phenoxy) is 1. The van der Waals surface area contributed by atoms with Crippen LogP contribution in [0, 0.1) is 0 Å². The van der Waals surface area contributed by atoms with Crippen LogP contribution in [0.5, 0.6) is 5.75 Å². The van der Waals surface area contributed by atoms with Gasteiger partial charge in [0.1, 0.15) is 5.75 Å². The quantitative estimate of drug-likeness (QED) is 0.611. The normalized spacial score (nSPS) is 20.4. The van der Waals surface area contributed by atoms with E-state index in [-0.39, 0.29) is 5.54 Å². The van der Waals surface area contributed by atoms with Gasteiger partial charge < -0.3 is 4.74 Å². The molecule has 2 fully saturated rings. The zero-order valence-corrected chi connectivity index (χ0v) is 11.9. The average Bonchev–Trinajstić information content (AvgIpc) is 3.07. The van der Waals surface area contributed by atoms with E-state index in [9.17, 15) is 4.79 Å². The highest BCUT2D eigenvalue weighted by Crippen LogP contribution is 2.49. The number of likely N-dealkylation sites (tertiary alicyclic amines) is 1. The third kappa shape index (κ3) is 2.49. The Labute approximate surface area is 119 Å². The van der Waals surface area contributed by atoms with Gasteiger partial charge >= 0.3 is 0 Å². The van der Waals surface area contributed by atoms with Crippen molar-refractivity contribution in [2.24, 2.45) is 4.99 Å². The topological polar surface area (TPSA) is 41.9 Å². The number of aliphatic imine (C=N–C) groups is 1. The van der Waals surface area contributed by atoms with Gasteiger partial charge in [0, 0.05) is 12.1 Å². The molecule has 1 aromatic rings. The smallest absolute Gasteiger partial charge is 0.235 e. The highest BCUT2D eigenvalue weighted by Gasteiger charge is 2.45. The molecular weight excluding hydrogens is 252 g/mol. The summed E-state index contributed by atoms with van der Waals surface area (Å²) in [6, 6.07) is 6.19. The summed E-state index contributed by atoms with van der Waals surface area (Å²) in [7, 11) is 1.71. The van der Waals surface area contributed by atoms with Crippen molar-refractivity contribution in [3.63, 3.8) is 0 Å². The molecule has 0 spiro atoms. The van der Waals surface area contributed by atoms with E-state index in [4.69, 9.17) is 4.74 Å². The van der Waals surface area contributed by atoms with Gasteiger partial charge in [-0.25, -0.2) is 4.79 Å². The third-order valence-corrected chi connectivity index (χ3v) is 4.39. The summed E-state index contributed by atoms with van der Waals surface area (Å²) < 4.78 is 5.47. The average molecular weight is 272 g/mol. The Morgan fingerprint density at radius 2 is 2.10 bits per heavy atom. The van der Waals surface area contributed by atoms with Crippen LogP contribution in [0.25, 0.3) is 0 Å². The van der Waals surface area contributed by atoms with Gasteiger partial charge in [0.15, 0.2) is 0 Å². The lowest BCUT2D eigenvalue weighted by molar-refractivity contribution is 0.320. The van der Waals surface area contributed by atoms with Crippen LogP contribution in [0.15, 0.2) is 23.2 Å². The molecule has 4 nitrogen and oxygen atoms in total. The second kappa shape index (κ2) is 5.39. The number of rotatable bonds is 5. The minimum Gasteiger partial charge on any atom is -0.496 e. The van der Waals surface area contributed by atoms with Crippen LogP contribution in [0.3, 0.4) is 0 Å². The van der Waals surface area contributed by atoms with Crippen LogP contribution in [-0.2, 0) is 16.9 Å². The zero-order valence-electron chi connectivity index (χ0n) is 11.9. The van der Waals surface area contributed by atoms with Crippen molar-refractivity contribution in [3.8, 4) is 5.75 Å². The van der Waals surface area contributed by atoms with Crippen molar-refractivity contribution in [1.82, 2.24) is 4.90 Å². The van der Waals surface area contributed by atoms with Gasteiger partial charge in [-0.1, -0.05) is 6.07 Å². The summed E-state index contributed by atoms with van der Waals surface area (Å²) in [5.74, 6) is 0.923. The van der Waals surface area contributed by atoms with Gasteiger partial charge in [0.25, 0.3) is 0 Å². The van der Waals surface area contributed by atoms with Crippen molar-refractivity contribution in [1.29, 1.82) is 0 Å². The second-order valence-electron chi connectivity index (χ2n) is 5.74. The summed E-state index contributed by atoms with van der Waals surface area (Å²) in [4.78, 5) is 17.1. The molecule has 1 aliphatic heterocycles. The first-order valence-corrected chi connectivity index (χ1v) is 7.26. The molecule has 2 aliphatic rings. The largest absolute Gasteiger partial charge is 0.496 e. The lowest BCUT2D eigenvalue weighted by atomic mass is 10.0. The summed E-state index contributed by atoms with van der Waals surface area (Å²) in [5.41, 5.74) is 2.02. The summed E-state index contributed by atoms with van der Waals surface area (Å²) in [6.07, 6.45) is 6.17. The van der Waals surface area contributed by atoms with Crippen LogP contribution >= 0.6 is 0 Å². The molecule has 0 atom stereocenters. The van der Waals surface area contributed by atoms with Gasteiger partial charge in [-0.15, -0.1) is 0 Å². The van der Waals surface area contributed by atoms with Crippen LogP contribution in [0.4, 0.5) is 0 Å². The molecule has 3 rings (SSSR count). The number of carbonyl (C=O) groups excluding carboxylic acids is 1.